The number of hydrogen-bond donors (Lipinski definition) is 1. The van der Waals surface area contributed by atoms with Gasteiger partial charge in [-0.2, -0.15) is 0 Å². The van der Waals surface area contributed by atoms with Gasteiger partial charge in [-0.15, -0.1) is 0 Å². The lowest BCUT2D eigenvalue weighted by Crippen LogP contribution is -2.44. The topological polar surface area (TPSA) is 128 Å². The summed E-state index contributed by atoms with van der Waals surface area (Å²) < 4.78 is 10.3. The van der Waals surface area contributed by atoms with Crippen LogP contribution in [0.4, 0.5) is 11.4 Å². The second-order valence-electron chi connectivity index (χ2n) is 6.45. The molecular formula is C17H21N3O7. The fourth-order valence-corrected chi connectivity index (χ4v) is 2.34. The number of nitro benzene ring substituents is 1. The van der Waals surface area contributed by atoms with Crippen LogP contribution in [0.25, 0.3) is 0 Å². The van der Waals surface area contributed by atoms with Crippen LogP contribution in [0.15, 0.2) is 18.2 Å². The van der Waals surface area contributed by atoms with E-state index in [1.165, 1.54) is 19.1 Å². The highest BCUT2D eigenvalue weighted by molar-refractivity contribution is 6.01. The average Bonchev–Trinajstić information content (AvgIpc) is 2.61. The van der Waals surface area contributed by atoms with E-state index in [0.29, 0.717) is 6.54 Å². The molecule has 27 heavy (non-hydrogen) atoms. The van der Waals surface area contributed by atoms with E-state index in [0.717, 1.165) is 11.0 Å². The summed E-state index contributed by atoms with van der Waals surface area (Å²) in [5.41, 5.74) is -0.138. The SMILES string of the molecule is CC(C)CNC(=O)[C@@H](C)OC(=O)CN1C(=O)COc2ccc([N+](=O)[O-])cc21. The Kier molecular flexibility index (Phi) is 6.32. The molecule has 1 aliphatic heterocycles. The number of anilines is 1. The third kappa shape index (κ3) is 5.16. The quantitative estimate of drug-likeness (QED) is 0.425. The fraction of sp³-hybridized carbons (Fsp3) is 0.471. The minimum atomic E-state index is -1.03. The minimum Gasteiger partial charge on any atom is -0.482 e. The molecule has 0 saturated heterocycles. The van der Waals surface area contributed by atoms with Crippen LogP contribution < -0.4 is 15.0 Å². The van der Waals surface area contributed by atoms with Gasteiger partial charge in [-0.1, -0.05) is 13.8 Å². The summed E-state index contributed by atoms with van der Waals surface area (Å²) in [7, 11) is 0. The van der Waals surface area contributed by atoms with Gasteiger partial charge in [0.15, 0.2) is 12.7 Å². The van der Waals surface area contributed by atoms with Crippen LogP contribution in [0.1, 0.15) is 20.8 Å². The summed E-state index contributed by atoms with van der Waals surface area (Å²) in [6.45, 7) is 4.93. The van der Waals surface area contributed by atoms with Gasteiger partial charge in [0.2, 0.25) is 0 Å². The lowest BCUT2D eigenvalue weighted by molar-refractivity contribution is -0.384. The number of amides is 2. The average molecular weight is 379 g/mol. The number of nitrogens with one attached hydrogen (secondary N) is 1. The number of benzene rings is 1. The number of fused-ring (bicyclic) bond motifs is 1. The van der Waals surface area contributed by atoms with Crippen molar-refractivity contribution in [2.75, 3.05) is 24.6 Å². The Morgan fingerprint density at radius 2 is 2.07 bits per heavy atom. The van der Waals surface area contributed by atoms with Crippen molar-refractivity contribution in [3.8, 4) is 5.75 Å². The maximum absolute atomic E-state index is 12.2. The molecule has 10 nitrogen and oxygen atoms in total. The first-order chi connectivity index (χ1) is 12.7. The molecule has 2 rings (SSSR count). The van der Waals surface area contributed by atoms with Crippen molar-refractivity contribution in [2.24, 2.45) is 5.92 Å². The molecule has 0 aromatic heterocycles. The molecular weight excluding hydrogens is 358 g/mol. The Morgan fingerprint density at radius 3 is 2.70 bits per heavy atom. The van der Waals surface area contributed by atoms with Gasteiger partial charge in [0.25, 0.3) is 17.5 Å². The molecule has 0 fully saturated rings. The van der Waals surface area contributed by atoms with Crippen molar-refractivity contribution in [3.63, 3.8) is 0 Å². The zero-order chi connectivity index (χ0) is 20.1. The van der Waals surface area contributed by atoms with Crippen LogP contribution in [0.3, 0.4) is 0 Å². The number of ether oxygens (including phenoxy) is 2. The first-order valence-corrected chi connectivity index (χ1v) is 8.37. The number of non-ortho nitro benzene ring substituents is 1. The highest BCUT2D eigenvalue weighted by atomic mass is 16.6. The van der Waals surface area contributed by atoms with Crippen LogP contribution >= 0.6 is 0 Å². The molecule has 1 atom stereocenters. The first-order valence-electron chi connectivity index (χ1n) is 8.37. The van der Waals surface area contributed by atoms with Gasteiger partial charge in [0.05, 0.1) is 10.6 Å². The third-order valence-corrected chi connectivity index (χ3v) is 3.75. The Hall–Kier alpha value is -3.17. The van der Waals surface area contributed by atoms with Crippen LogP contribution in [0.2, 0.25) is 0 Å². The van der Waals surface area contributed by atoms with Crippen molar-refractivity contribution < 1.29 is 28.8 Å². The van der Waals surface area contributed by atoms with Crippen LogP contribution in [0.5, 0.6) is 5.75 Å². The van der Waals surface area contributed by atoms with E-state index in [-0.39, 0.29) is 29.6 Å². The predicted molar refractivity (Wildman–Crippen MR) is 94.3 cm³/mol. The van der Waals surface area contributed by atoms with Crippen molar-refractivity contribution in [1.29, 1.82) is 0 Å². The van der Waals surface area contributed by atoms with E-state index in [9.17, 15) is 24.5 Å². The predicted octanol–water partition coefficient (Wildman–Crippen LogP) is 1.02. The summed E-state index contributed by atoms with van der Waals surface area (Å²) >= 11 is 0. The Morgan fingerprint density at radius 1 is 1.37 bits per heavy atom. The molecule has 1 aliphatic rings. The lowest BCUT2D eigenvalue weighted by atomic mass is 10.2. The highest BCUT2D eigenvalue weighted by Crippen LogP contribution is 2.35. The van der Waals surface area contributed by atoms with Crippen molar-refractivity contribution in [1.82, 2.24) is 5.32 Å². The molecule has 0 spiro atoms. The zero-order valence-electron chi connectivity index (χ0n) is 15.3. The van der Waals surface area contributed by atoms with Gasteiger partial charge in [-0.25, -0.2) is 0 Å². The standard InChI is InChI=1S/C17H21N3O7/c1-10(2)7-18-17(23)11(3)27-16(22)8-19-13-6-12(20(24)25)4-5-14(13)26-9-15(19)21/h4-6,10-11H,7-9H2,1-3H3,(H,18,23)/t11-/m1/s1. The van der Waals surface area contributed by atoms with Gasteiger partial charge < -0.3 is 14.8 Å². The number of carbonyl (C=O) groups excluding carboxylic acids is 3. The van der Waals surface area contributed by atoms with E-state index < -0.39 is 35.4 Å². The van der Waals surface area contributed by atoms with Gasteiger partial charge in [0.1, 0.15) is 12.3 Å². The molecule has 1 N–H and O–H groups in total. The van der Waals surface area contributed by atoms with Crippen molar-refractivity contribution >= 4 is 29.2 Å². The first kappa shape index (κ1) is 20.1. The fourth-order valence-electron chi connectivity index (χ4n) is 2.34. The highest BCUT2D eigenvalue weighted by Gasteiger charge is 2.30. The molecule has 0 unspecified atom stereocenters. The summed E-state index contributed by atoms with van der Waals surface area (Å²) in [4.78, 5) is 47.6. The number of hydrogen-bond acceptors (Lipinski definition) is 7. The molecule has 0 saturated carbocycles. The molecule has 10 heteroatoms. The second-order valence-corrected chi connectivity index (χ2v) is 6.45. The maximum Gasteiger partial charge on any atom is 0.326 e. The summed E-state index contributed by atoms with van der Waals surface area (Å²) in [5, 5.41) is 13.6. The minimum absolute atomic E-state index is 0.106. The summed E-state index contributed by atoms with van der Waals surface area (Å²) in [6.07, 6.45) is -1.03. The van der Waals surface area contributed by atoms with Gasteiger partial charge in [-0.3, -0.25) is 29.4 Å². The largest absolute Gasteiger partial charge is 0.482 e. The van der Waals surface area contributed by atoms with E-state index >= 15 is 0 Å². The number of nitro groups is 1. The van der Waals surface area contributed by atoms with Crippen molar-refractivity contribution in [3.05, 3.63) is 28.3 Å². The van der Waals surface area contributed by atoms with E-state index in [1.807, 2.05) is 13.8 Å². The van der Waals surface area contributed by atoms with Gasteiger partial charge in [0, 0.05) is 18.7 Å². The molecule has 2 amide bonds. The summed E-state index contributed by atoms with van der Waals surface area (Å²) in [6, 6.07) is 3.75. The van der Waals surface area contributed by atoms with E-state index in [4.69, 9.17) is 9.47 Å². The normalized spacial score (nSPS) is 14.2. The van der Waals surface area contributed by atoms with Gasteiger partial charge >= 0.3 is 5.97 Å². The molecule has 0 radical (unpaired) electrons. The Labute approximate surface area is 155 Å². The van der Waals surface area contributed by atoms with Crippen LogP contribution in [0, 0.1) is 16.0 Å². The number of nitrogens with zero attached hydrogens (tertiary/aromatic N) is 2. The third-order valence-electron chi connectivity index (χ3n) is 3.75. The number of rotatable bonds is 7. The smallest absolute Gasteiger partial charge is 0.326 e. The van der Waals surface area contributed by atoms with E-state index in [1.54, 1.807) is 0 Å². The maximum atomic E-state index is 12.2. The molecule has 1 aromatic carbocycles. The number of carbonyl (C=O) groups is 3. The zero-order valence-corrected chi connectivity index (χ0v) is 15.3. The van der Waals surface area contributed by atoms with Crippen molar-refractivity contribution in [2.45, 2.75) is 26.9 Å². The molecule has 146 valence electrons. The van der Waals surface area contributed by atoms with E-state index in [2.05, 4.69) is 5.32 Å². The second kappa shape index (κ2) is 8.47. The number of esters is 1. The Bertz CT molecular complexity index is 763. The Balaban J connectivity index is 2.07. The monoisotopic (exact) mass is 379 g/mol. The molecule has 1 aromatic rings. The summed E-state index contributed by atoms with van der Waals surface area (Å²) in [5.74, 6) is -1.31. The molecule has 0 bridgehead atoms. The molecule has 0 aliphatic carbocycles. The van der Waals surface area contributed by atoms with Gasteiger partial charge in [-0.05, 0) is 18.9 Å². The van der Waals surface area contributed by atoms with Crippen LogP contribution in [-0.2, 0) is 19.1 Å². The molecule has 1 heterocycles. The lowest BCUT2D eigenvalue weighted by Gasteiger charge is -2.28. The van der Waals surface area contributed by atoms with Crippen LogP contribution in [-0.4, -0.2) is 48.5 Å².